The van der Waals surface area contributed by atoms with Gasteiger partial charge in [-0.15, -0.1) is 0 Å². The van der Waals surface area contributed by atoms with Gasteiger partial charge in [0.15, 0.2) is 0 Å². The van der Waals surface area contributed by atoms with Crippen LogP contribution in [0.5, 0.6) is 5.75 Å². The van der Waals surface area contributed by atoms with E-state index in [0.29, 0.717) is 5.91 Å². The first kappa shape index (κ1) is 18.0. The fourth-order valence-corrected chi connectivity index (χ4v) is 4.48. The molecule has 6 heteroatoms. The minimum Gasteiger partial charge on any atom is -0.497 e. The second-order valence-electron chi connectivity index (χ2n) is 7.98. The summed E-state index contributed by atoms with van der Waals surface area (Å²) in [5.41, 5.74) is 2.04. The zero-order chi connectivity index (χ0) is 18.9. The number of carbonyl (C=O) groups excluding carboxylic acids is 1. The number of aromatic nitrogens is 2. The summed E-state index contributed by atoms with van der Waals surface area (Å²) in [5, 5.41) is 4.25. The van der Waals surface area contributed by atoms with Crippen molar-refractivity contribution in [3.63, 3.8) is 0 Å². The summed E-state index contributed by atoms with van der Waals surface area (Å²) in [6, 6.07) is 8.12. The van der Waals surface area contributed by atoms with Crippen LogP contribution in [0, 0.1) is 5.41 Å². The summed E-state index contributed by atoms with van der Waals surface area (Å²) < 4.78 is 7.20. The molecule has 144 valence electrons. The van der Waals surface area contributed by atoms with E-state index in [9.17, 15) is 4.79 Å². The third-order valence-electron chi connectivity index (χ3n) is 5.74. The van der Waals surface area contributed by atoms with Crippen LogP contribution in [0.1, 0.15) is 24.0 Å². The highest BCUT2D eigenvalue weighted by Gasteiger charge is 2.50. The number of aryl methyl sites for hydroxylation is 1. The van der Waals surface area contributed by atoms with E-state index in [1.54, 1.807) is 7.11 Å². The first-order chi connectivity index (χ1) is 13.1. The van der Waals surface area contributed by atoms with Crippen LogP contribution >= 0.6 is 0 Å². The van der Waals surface area contributed by atoms with Gasteiger partial charge in [-0.1, -0.05) is 12.1 Å². The van der Waals surface area contributed by atoms with Crippen molar-refractivity contribution in [3.8, 4) is 5.75 Å². The van der Waals surface area contributed by atoms with Crippen LogP contribution < -0.4 is 4.74 Å². The second-order valence-corrected chi connectivity index (χ2v) is 7.98. The number of hydrogen-bond acceptors (Lipinski definition) is 4. The van der Waals surface area contributed by atoms with E-state index in [2.05, 4.69) is 27.0 Å². The molecule has 6 nitrogen and oxygen atoms in total. The quantitative estimate of drug-likeness (QED) is 0.784. The Hall–Kier alpha value is -2.34. The third-order valence-corrected chi connectivity index (χ3v) is 5.74. The van der Waals surface area contributed by atoms with Gasteiger partial charge in [0.2, 0.25) is 5.91 Å². The van der Waals surface area contributed by atoms with Crippen molar-refractivity contribution in [2.45, 2.75) is 25.8 Å². The highest BCUT2D eigenvalue weighted by Crippen LogP contribution is 2.38. The highest BCUT2D eigenvalue weighted by atomic mass is 16.5. The van der Waals surface area contributed by atoms with Gasteiger partial charge in [-0.3, -0.25) is 14.4 Å². The van der Waals surface area contributed by atoms with E-state index in [-0.39, 0.29) is 5.41 Å². The molecule has 0 radical (unpaired) electrons. The Morgan fingerprint density at radius 1 is 1.22 bits per heavy atom. The maximum atomic E-state index is 13.4. The lowest BCUT2D eigenvalue weighted by Crippen LogP contribution is -2.64. The number of ether oxygens (including phenoxy) is 1. The Kier molecular flexibility index (Phi) is 4.91. The van der Waals surface area contributed by atoms with Gasteiger partial charge in [0.1, 0.15) is 5.75 Å². The topological polar surface area (TPSA) is 50.6 Å². The summed E-state index contributed by atoms with van der Waals surface area (Å²) in [4.78, 5) is 17.8. The van der Waals surface area contributed by atoms with Crippen molar-refractivity contribution in [3.05, 3.63) is 47.8 Å². The van der Waals surface area contributed by atoms with Crippen molar-refractivity contribution in [2.75, 3.05) is 33.3 Å². The zero-order valence-corrected chi connectivity index (χ0v) is 16.2. The lowest BCUT2D eigenvalue weighted by molar-refractivity contribution is -0.153. The minimum atomic E-state index is -0.321. The molecule has 2 aliphatic heterocycles. The van der Waals surface area contributed by atoms with Gasteiger partial charge in [0.05, 0.1) is 18.7 Å². The summed E-state index contributed by atoms with van der Waals surface area (Å²) >= 11 is 0. The van der Waals surface area contributed by atoms with Gasteiger partial charge >= 0.3 is 0 Å². The molecule has 0 spiro atoms. The molecular formula is C21H28N4O2. The number of rotatable bonds is 6. The molecular weight excluding hydrogens is 340 g/mol. The van der Waals surface area contributed by atoms with E-state index < -0.39 is 0 Å². The van der Waals surface area contributed by atoms with E-state index >= 15 is 0 Å². The van der Waals surface area contributed by atoms with E-state index in [1.165, 1.54) is 11.1 Å². The van der Waals surface area contributed by atoms with Crippen LogP contribution in [-0.4, -0.2) is 58.8 Å². The molecule has 1 aromatic heterocycles. The smallest absolute Gasteiger partial charge is 0.231 e. The summed E-state index contributed by atoms with van der Waals surface area (Å²) in [6.45, 7) is 4.26. The van der Waals surface area contributed by atoms with E-state index in [0.717, 1.165) is 57.7 Å². The number of methoxy groups -OCH3 is 1. The Labute approximate surface area is 160 Å². The van der Waals surface area contributed by atoms with Crippen LogP contribution in [0.2, 0.25) is 0 Å². The van der Waals surface area contributed by atoms with E-state index in [1.807, 2.05) is 36.3 Å². The molecule has 27 heavy (non-hydrogen) atoms. The van der Waals surface area contributed by atoms with Gasteiger partial charge in [0.25, 0.3) is 0 Å². The van der Waals surface area contributed by atoms with Gasteiger partial charge in [0, 0.05) is 51.5 Å². The molecule has 3 heterocycles. The van der Waals surface area contributed by atoms with Crippen molar-refractivity contribution in [1.82, 2.24) is 19.6 Å². The number of benzene rings is 1. The molecule has 1 aromatic carbocycles. The Morgan fingerprint density at radius 2 is 2.00 bits per heavy atom. The molecule has 2 fully saturated rings. The van der Waals surface area contributed by atoms with Crippen LogP contribution in [0.3, 0.4) is 0 Å². The Bertz CT molecular complexity index is 804. The second kappa shape index (κ2) is 7.35. The lowest BCUT2D eigenvalue weighted by atomic mass is 9.73. The largest absolute Gasteiger partial charge is 0.497 e. The predicted octanol–water partition coefficient (Wildman–Crippen LogP) is 2.10. The normalized spacial score (nSPS) is 19.1. The maximum absolute atomic E-state index is 13.4. The molecule has 0 N–H and O–H groups in total. The molecule has 4 rings (SSSR count). The predicted molar refractivity (Wildman–Crippen MR) is 103 cm³/mol. The summed E-state index contributed by atoms with van der Waals surface area (Å²) in [5.74, 6) is 1.17. The fraction of sp³-hybridized carbons (Fsp3) is 0.524. The number of nitrogens with zero attached hydrogens (tertiary/aromatic N) is 4. The molecule has 1 amide bonds. The van der Waals surface area contributed by atoms with Gasteiger partial charge < -0.3 is 9.64 Å². The molecule has 0 unspecified atom stereocenters. The molecule has 0 saturated carbocycles. The molecule has 0 atom stereocenters. The average molecular weight is 368 g/mol. The Morgan fingerprint density at radius 3 is 2.67 bits per heavy atom. The molecule has 2 aromatic rings. The van der Waals surface area contributed by atoms with E-state index in [4.69, 9.17) is 4.74 Å². The first-order valence-electron chi connectivity index (χ1n) is 9.70. The van der Waals surface area contributed by atoms with Crippen molar-refractivity contribution < 1.29 is 9.53 Å². The van der Waals surface area contributed by atoms with Gasteiger partial charge in [-0.05, 0) is 37.0 Å². The van der Waals surface area contributed by atoms with Crippen LogP contribution in [0.25, 0.3) is 0 Å². The standard InChI is InChI=1S/C21H28N4O2/c1-23-13-18(12-22-23)14-24-15-21(16-24,20(26)25-8-3-4-9-25)11-17-6-5-7-19(10-17)27-2/h5-7,10,12-13H,3-4,8-9,11,14-16H2,1-2H3. The number of hydrogen-bond donors (Lipinski definition) is 0. The van der Waals surface area contributed by atoms with Gasteiger partial charge in [-0.2, -0.15) is 5.10 Å². The zero-order valence-electron chi connectivity index (χ0n) is 16.2. The molecule has 2 aliphatic rings. The fourth-order valence-electron chi connectivity index (χ4n) is 4.48. The molecule has 0 aliphatic carbocycles. The first-order valence-corrected chi connectivity index (χ1v) is 9.70. The number of amides is 1. The monoisotopic (exact) mass is 368 g/mol. The third kappa shape index (κ3) is 3.72. The van der Waals surface area contributed by atoms with Crippen LogP contribution in [-0.2, 0) is 24.8 Å². The molecule has 0 bridgehead atoms. The average Bonchev–Trinajstić information content (AvgIpc) is 3.31. The summed E-state index contributed by atoms with van der Waals surface area (Å²) in [6.07, 6.45) is 6.97. The minimum absolute atomic E-state index is 0.321. The van der Waals surface area contributed by atoms with Crippen molar-refractivity contribution in [1.29, 1.82) is 0 Å². The van der Waals surface area contributed by atoms with Crippen molar-refractivity contribution >= 4 is 5.91 Å². The summed E-state index contributed by atoms with van der Waals surface area (Å²) in [7, 11) is 3.62. The number of carbonyl (C=O) groups is 1. The molecule has 2 saturated heterocycles. The lowest BCUT2D eigenvalue weighted by Gasteiger charge is -2.50. The SMILES string of the molecule is COc1cccc(CC2(C(=O)N3CCCC3)CN(Cc3cnn(C)c3)C2)c1. The van der Waals surface area contributed by atoms with Gasteiger partial charge in [-0.25, -0.2) is 0 Å². The maximum Gasteiger partial charge on any atom is 0.231 e. The van der Waals surface area contributed by atoms with Crippen molar-refractivity contribution in [2.24, 2.45) is 12.5 Å². The highest BCUT2D eigenvalue weighted by molar-refractivity contribution is 5.85. The number of likely N-dealkylation sites (tertiary alicyclic amines) is 2. The Balaban J connectivity index is 1.50. The van der Waals surface area contributed by atoms with Crippen LogP contribution in [0.4, 0.5) is 0 Å². The van der Waals surface area contributed by atoms with Crippen LogP contribution in [0.15, 0.2) is 36.7 Å².